The van der Waals surface area contributed by atoms with Crippen molar-refractivity contribution in [2.45, 2.75) is 57.9 Å². The van der Waals surface area contributed by atoms with Crippen LogP contribution in [0.25, 0.3) is 0 Å². The molecule has 1 aromatic heterocycles. The van der Waals surface area contributed by atoms with E-state index in [-0.39, 0.29) is 29.8 Å². The number of pyridine rings is 1. The maximum atomic E-state index is 13.3. The highest BCUT2D eigenvalue weighted by atomic mass is 19.1. The number of carbonyl (C=O) groups is 1. The number of hydrogen-bond donors (Lipinski definition) is 3. The summed E-state index contributed by atoms with van der Waals surface area (Å²) in [5, 5.41) is 15.7. The van der Waals surface area contributed by atoms with Crippen LogP contribution in [-0.2, 0) is 6.42 Å². The summed E-state index contributed by atoms with van der Waals surface area (Å²) in [6.07, 6.45) is 8.75. The Labute approximate surface area is 212 Å². The predicted octanol–water partition coefficient (Wildman–Crippen LogP) is 5.32. The first-order valence-electron chi connectivity index (χ1n) is 12.7. The molecule has 36 heavy (non-hydrogen) atoms. The summed E-state index contributed by atoms with van der Waals surface area (Å²) in [6, 6.07) is 9.19. The Kier molecular flexibility index (Phi) is 7.83. The highest BCUT2D eigenvalue weighted by molar-refractivity contribution is 6.05. The van der Waals surface area contributed by atoms with Gasteiger partial charge in [-0.05, 0) is 87.6 Å². The molecule has 2 heterocycles. The van der Waals surface area contributed by atoms with E-state index in [1.807, 2.05) is 18.2 Å². The third-order valence-electron chi connectivity index (χ3n) is 7.22. The lowest BCUT2D eigenvalue weighted by Crippen LogP contribution is -2.36. The maximum Gasteiger partial charge on any atom is 0.274 e. The second-order valence-corrected chi connectivity index (χ2v) is 10.6. The van der Waals surface area contributed by atoms with E-state index >= 15 is 0 Å². The minimum absolute atomic E-state index is 0.162. The number of carbonyl (C=O) groups excluding carboxylic acids is 1. The normalized spacial score (nSPS) is 16.5. The molecule has 4 rings (SSSR count). The Hall–Kier alpha value is -3.13. The van der Waals surface area contributed by atoms with E-state index in [1.165, 1.54) is 43.4 Å². The van der Waals surface area contributed by atoms with Crippen molar-refractivity contribution in [3.8, 4) is 5.75 Å². The lowest BCUT2D eigenvalue weighted by Gasteiger charge is -2.35. The fourth-order valence-corrected chi connectivity index (χ4v) is 4.65. The van der Waals surface area contributed by atoms with Gasteiger partial charge in [0.15, 0.2) is 11.6 Å². The van der Waals surface area contributed by atoms with E-state index in [1.54, 1.807) is 13.8 Å². The van der Waals surface area contributed by atoms with Crippen LogP contribution in [0.1, 0.15) is 62.0 Å². The van der Waals surface area contributed by atoms with Crippen molar-refractivity contribution >= 4 is 23.1 Å². The number of nitrogens with one attached hydrogen (secondary N) is 2. The monoisotopic (exact) mass is 496 g/mol. The second kappa shape index (κ2) is 10.9. The first-order chi connectivity index (χ1) is 17.3. The lowest BCUT2D eigenvalue weighted by atomic mass is 9.93. The van der Waals surface area contributed by atoms with E-state index in [9.17, 15) is 14.3 Å². The highest BCUT2D eigenvalue weighted by Crippen LogP contribution is 2.54. The number of halogens is 1. The molecule has 2 fully saturated rings. The van der Waals surface area contributed by atoms with Crippen LogP contribution in [0.2, 0.25) is 0 Å². The number of ether oxygens (including phenoxy) is 1. The smallest absolute Gasteiger partial charge is 0.274 e. The number of piperidine rings is 1. The van der Waals surface area contributed by atoms with Crippen LogP contribution in [0.4, 0.5) is 21.6 Å². The van der Waals surface area contributed by atoms with E-state index in [0.717, 1.165) is 37.3 Å². The number of allylic oxidation sites excluding steroid dienone is 1. The maximum absolute atomic E-state index is 13.3. The number of amides is 1. The summed E-state index contributed by atoms with van der Waals surface area (Å²) < 4.78 is 17.9. The number of hydrogen-bond acceptors (Lipinski definition) is 6. The van der Waals surface area contributed by atoms with Crippen molar-refractivity contribution in [1.82, 2.24) is 4.98 Å². The predicted molar refractivity (Wildman–Crippen MR) is 142 cm³/mol. The molecule has 1 amide bonds. The van der Waals surface area contributed by atoms with Crippen LogP contribution in [0.15, 0.2) is 43.0 Å². The number of rotatable bonds is 11. The fourth-order valence-electron chi connectivity index (χ4n) is 4.65. The topological polar surface area (TPSA) is 86.7 Å². The van der Waals surface area contributed by atoms with Gasteiger partial charge >= 0.3 is 0 Å². The van der Waals surface area contributed by atoms with Crippen LogP contribution >= 0.6 is 0 Å². The van der Waals surface area contributed by atoms with Gasteiger partial charge in [0.1, 0.15) is 5.69 Å². The number of aromatic nitrogens is 1. The molecule has 1 aromatic carbocycles. The summed E-state index contributed by atoms with van der Waals surface area (Å²) in [7, 11) is 0. The zero-order valence-electron chi connectivity index (χ0n) is 21.3. The molecule has 194 valence electrons. The van der Waals surface area contributed by atoms with Crippen molar-refractivity contribution in [2.75, 3.05) is 42.1 Å². The summed E-state index contributed by atoms with van der Waals surface area (Å²) in [5.74, 6) is -0.00215. The number of aliphatic hydroxyl groups excluding tert-OH is 1. The van der Waals surface area contributed by atoms with E-state index in [0.29, 0.717) is 5.41 Å². The molecule has 2 aromatic rings. The first kappa shape index (κ1) is 25.9. The van der Waals surface area contributed by atoms with Crippen LogP contribution in [0, 0.1) is 5.41 Å². The van der Waals surface area contributed by atoms with E-state index in [4.69, 9.17) is 4.74 Å². The standard InChI is InChI=1S/C28H37FN4O3/c1-4-5-6-20-7-8-21(23(17-20)33-15-13-28(11-12-28)14-16-33)31-26(35)22-9-10-24(36-19-29)25(30-22)32-27(2,3)18-34/h4,7-10,17,34H,1,5-6,11-16,18-19H2,2-3H3,(H,30,32)(H,31,35). The average molecular weight is 497 g/mol. The SMILES string of the molecule is C=CCCc1ccc(NC(=O)c2ccc(OCF)c(NC(C)(C)CO)n2)c(N2CCC3(CC2)CC3)c1. The molecule has 3 N–H and O–H groups in total. The number of alkyl halides is 1. The zero-order valence-corrected chi connectivity index (χ0v) is 21.3. The molecule has 1 aliphatic heterocycles. The van der Waals surface area contributed by atoms with Crippen LogP contribution < -0.4 is 20.3 Å². The minimum atomic E-state index is -1.03. The third-order valence-corrected chi connectivity index (χ3v) is 7.22. The van der Waals surface area contributed by atoms with Gasteiger partial charge in [-0.1, -0.05) is 12.1 Å². The van der Waals surface area contributed by atoms with Crippen LogP contribution in [0.3, 0.4) is 0 Å². The largest absolute Gasteiger partial charge is 0.459 e. The Morgan fingerprint density at radius 1 is 1.25 bits per heavy atom. The van der Waals surface area contributed by atoms with Gasteiger partial charge in [-0.15, -0.1) is 6.58 Å². The Morgan fingerprint density at radius 2 is 2.00 bits per heavy atom. The summed E-state index contributed by atoms with van der Waals surface area (Å²) in [4.78, 5) is 20.0. The van der Waals surface area contributed by atoms with Gasteiger partial charge in [0.25, 0.3) is 5.91 Å². The van der Waals surface area contributed by atoms with Crippen LogP contribution in [0.5, 0.6) is 5.75 Å². The summed E-state index contributed by atoms with van der Waals surface area (Å²) in [5.41, 5.74) is 2.95. The second-order valence-electron chi connectivity index (χ2n) is 10.6. The van der Waals surface area contributed by atoms with Gasteiger partial charge in [0.2, 0.25) is 6.86 Å². The molecule has 1 saturated heterocycles. The van der Waals surface area contributed by atoms with Crippen molar-refractivity contribution in [3.63, 3.8) is 0 Å². The van der Waals surface area contributed by atoms with Crippen molar-refractivity contribution < 1.29 is 19.0 Å². The Morgan fingerprint density at radius 3 is 2.64 bits per heavy atom. The first-order valence-corrected chi connectivity index (χ1v) is 12.7. The Bertz CT molecular complexity index is 1090. The van der Waals surface area contributed by atoms with Crippen molar-refractivity contribution in [2.24, 2.45) is 5.41 Å². The van der Waals surface area contributed by atoms with Gasteiger partial charge in [0, 0.05) is 13.1 Å². The van der Waals surface area contributed by atoms with Crippen LogP contribution in [-0.4, -0.2) is 48.1 Å². The molecule has 0 atom stereocenters. The minimum Gasteiger partial charge on any atom is -0.459 e. The molecule has 2 aliphatic rings. The molecular formula is C28H37FN4O3. The number of benzene rings is 1. The summed E-state index contributed by atoms with van der Waals surface area (Å²) in [6.45, 7) is 8.12. The lowest BCUT2D eigenvalue weighted by molar-refractivity contribution is 0.102. The summed E-state index contributed by atoms with van der Waals surface area (Å²) >= 11 is 0. The quantitative estimate of drug-likeness (QED) is 0.365. The number of aryl methyl sites for hydroxylation is 1. The van der Waals surface area contributed by atoms with Gasteiger partial charge in [-0.3, -0.25) is 4.79 Å². The van der Waals surface area contributed by atoms with Gasteiger partial charge in [-0.25, -0.2) is 9.37 Å². The average Bonchev–Trinajstić information content (AvgIpc) is 3.63. The van der Waals surface area contributed by atoms with E-state index in [2.05, 4.69) is 33.2 Å². The molecule has 0 radical (unpaired) electrons. The third kappa shape index (κ3) is 6.16. The van der Waals surface area contributed by atoms with Gasteiger partial charge in [-0.2, -0.15) is 0 Å². The Balaban J connectivity index is 1.58. The zero-order chi connectivity index (χ0) is 25.8. The molecule has 1 saturated carbocycles. The molecule has 8 heteroatoms. The molecule has 0 bridgehead atoms. The van der Waals surface area contributed by atoms with Crippen molar-refractivity contribution in [3.05, 3.63) is 54.2 Å². The van der Waals surface area contributed by atoms with E-state index < -0.39 is 12.4 Å². The fraction of sp³-hybridized carbons (Fsp3) is 0.500. The van der Waals surface area contributed by atoms with Gasteiger partial charge < -0.3 is 25.4 Å². The molecule has 1 spiro atoms. The van der Waals surface area contributed by atoms with Gasteiger partial charge in [0.05, 0.1) is 23.5 Å². The molecule has 7 nitrogen and oxygen atoms in total. The number of anilines is 3. The molecule has 0 unspecified atom stereocenters. The molecular weight excluding hydrogens is 459 g/mol. The highest BCUT2D eigenvalue weighted by Gasteiger charge is 2.44. The number of aliphatic hydroxyl groups is 1. The van der Waals surface area contributed by atoms with Crippen molar-refractivity contribution in [1.29, 1.82) is 0 Å². The molecule has 1 aliphatic carbocycles. The number of nitrogens with zero attached hydrogens (tertiary/aromatic N) is 2.